The van der Waals surface area contributed by atoms with Gasteiger partial charge in [-0.3, -0.25) is 10.2 Å². The maximum atomic E-state index is 12.7. The molecule has 0 saturated carbocycles. The van der Waals surface area contributed by atoms with Crippen molar-refractivity contribution in [3.8, 4) is 5.88 Å². The quantitative estimate of drug-likeness (QED) is 0.541. The van der Waals surface area contributed by atoms with Crippen LogP contribution in [0.2, 0.25) is 0 Å². The van der Waals surface area contributed by atoms with E-state index in [4.69, 9.17) is 0 Å². The van der Waals surface area contributed by atoms with Gasteiger partial charge in [-0.05, 0) is 30.3 Å². The molecule has 4 aromatic rings. The molecular weight excluding hydrogens is 396 g/mol. The van der Waals surface area contributed by atoms with Gasteiger partial charge in [0.1, 0.15) is 4.88 Å². The minimum absolute atomic E-state index is 0.0891. The molecule has 1 aromatic heterocycles. The lowest BCUT2D eigenvalue weighted by Crippen LogP contribution is -2.22. The van der Waals surface area contributed by atoms with Gasteiger partial charge in [-0.25, -0.2) is 9.98 Å². The van der Waals surface area contributed by atoms with Gasteiger partial charge in [-0.2, -0.15) is 4.68 Å². The molecule has 1 aliphatic rings. The van der Waals surface area contributed by atoms with Gasteiger partial charge in [-0.15, -0.1) is 0 Å². The molecule has 1 aliphatic heterocycles. The summed E-state index contributed by atoms with van der Waals surface area (Å²) >= 11 is 1.23. The number of aromatic nitrogens is 1. The zero-order valence-electron chi connectivity index (χ0n) is 15.7. The molecule has 0 bridgehead atoms. The fourth-order valence-corrected chi connectivity index (χ4v) is 4.29. The normalized spacial score (nSPS) is 13.3. The Hall–Kier alpha value is -3.97. The molecule has 0 atom stereocenters. The Morgan fingerprint density at radius 1 is 0.900 bits per heavy atom. The standard InChI is InChI=1S/C23H16N4O2S/c28-21-19(17-13-7-8-14-18(17)25-21)20-22(29)27(26-16-11-5-2-6-12-16)23(30-20)24-15-9-3-1-4-10-15/h1-14,26,29H. The lowest BCUT2D eigenvalue weighted by molar-refractivity contribution is -0.112. The maximum Gasteiger partial charge on any atom is 0.279 e. The first-order chi connectivity index (χ1) is 14.7. The Kier molecular flexibility index (Phi) is 4.49. The van der Waals surface area contributed by atoms with E-state index < -0.39 is 0 Å². The third-order valence-corrected chi connectivity index (χ3v) is 5.68. The van der Waals surface area contributed by atoms with Crippen LogP contribution in [-0.2, 0) is 4.79 Å². The molecule has 0 saturated heterocycles. The molecule has 0 spiro atoms. The second-order valence-electron chi connectivity index (χ2n) is 6.61. The highest BCUT2D eigenvalue weighted by atomic mass is 32.1. The zero-order chi connectivity index (χ0) is 20.5. The number of para-hydroxylation sites is 3. The topological polar surface area (TPSA) is 79.0 Å². The van der Waals surface area contributed by atoms with Crippen LogP contribution >= 0.6 is 11.3 Å². The third-order valence-electron chi connectivity index (χ3n) is 4.63. The van der Waals surface area contributed by atoms with Crippen LogP contribution in [0.5, 0.6) is 5.88 Å². The van der Waals surface area contributed by atoms with E-state index in [0.717, 1.165) is 11.4 Å². The second-order valence-corrected chi connectivity index (χ2v) is 7.58. The van der Waals surface area contributed by atoms with Crippen molar-refractivity contribution in [2.45, 2.75) is 0 Å². The molecule has 0 unspecified atom stereocenters. The number of nitrogens with one attached hydrogen (secondary N) is 1. The number of thiazole rings is 1. The number of benzene rings is 3. The second kappa shape index (κ2) is 7.46. The van der Waals surface area contributed by atoms with E-state index >= 15 is 0 Å². The Balaban J connectivity index is 1.75. The van der Waals surface area contributed by atoms with E-state index in [1.165, 1.54) is 16.0 Å². The van der Waals surface area contributed by atoms with Crippen molar-refractivity contribution in [3.63, 3.8) is 0 Å². The monoisotopic (exact) mass is 412 g/mol. The van der Waals surface area contributed by atoms with Crippen LogP contribution in [0.4, 0.5) is 11.4 Å². The largest absolute Gasteiger partial charge is 0.492 e. The Labute approximate surface area is 175 Å². The minimum Gasteiger partial charge on any atom is -0.492 e. The number of hydrogen-bond donors (Lipinski definition) is 2. The van der Waals surface area contributed by atoms with Gasteiger partial charge in [-0.1, -0.05) is 65.9 Å². The molecule has 6 nitrogen and oxygen atoms in total. The van der Waals surface area contributed by atoms with Crippen LogP contribution in [-0.4, -0.2) is 15.7 Å². The molecule has 0 aliphatic carbocycles. The van der Waals surface area contributed by atoms with E-state index in [9.17, 15) is 9.90 Å². The molecule has 146 valence electrons. The SMILES string of the molecule is O=C1N=c2ccccc2=C1c1sc(=Nc2ccccc2)n(Nc2ccccc2)c1O. The van der Waals surface area contributed by atoms with Crippen LogP contribution in [0.25, 0.3) is 5.57 Å². The zero-order valence-corrected chi connectivity index (χ0v) is 16.5. The number of carbonyl (C=O) groups excluding carboxylic acids is 1. The summed E-state index contributed by atoms with van der Waals surface area (Å²) in [4.78, 5) is 22.4. The number of aromatic hydroxyl groups is 1. The average molecular weight is 412 g/mol. The number of amides is 1. The van der Waals surface area contributed by atoms with Crippen molar-refractivity contribution in [2.75, 3.05) is 5.43 Å². The number of rotatable bonds is 4. The van der Waals surface area contributed by atoms with Crippen LogP contribution in [0.3, 0.4) is 0 Å². The van der Waals surface area contributed by atoms with Gasteiger partial charge >= 0.3 is 0 Å². The number of hydrogen-bond acceptors (Lipinski definition) is 5. The van der Waals surface area contributed by atoms with Gasteiger partial charge in [0.15, 0.2) is 0 Å². The van der Waals surface area contributed by atoms with E-state index in [-0.39, 0.29) is 11.8 Å². The van der Waals surface area contributed by atoms with Crippen molar-refractivity contribution in [2.24, 2.45) is 9.98 Å². The van der Waals surface area contributed by atoms with E-state index in [1.807, 2.05) is 78.9 Å². The Morgan fingerprint density at radius 2 is 1.57 bits per heavy atom. The highest BCUT2D eigenvalue weighted by Gasteiger charge is 2.25. The predicted octanol–water partition coefficient (Wildman–Crippen LogP) is 2.72. The summed E-state index contributed by atoms with van der Waals surface area (Å²) < 4.78 is 1.49. The number of carbonyl (C=O) groups is 1. The van der Waals surface area contributed by atoms with Crippen molar-refractivity contribution in [1.82, 2.24) is 4.68 Å². The summed E-state index contributed by atoms with van der Waals surface area (Å²) in [6.45, 7) is 0. The molecule has 0 fully saturated rings. The van der Waals surface area contributed by atoms with E-state index in [2.05, 4.69) is 15.4 Å². The van der Waals surface area contributed by atoms with E-state index in [0.29, 0.717) is 25.8 Å². The first-order valence-corrected chi connectivity index (χ1v) is 10.1. The molecule has 0 radical (unpaired) electrons. The average Bonchev–Trinajstić information content (AvgIpc) is 3.25. The maximum absolute atomic E-state index is 12.7. The van der Waals surface area contributed by atoms with Crippen molar-refractivity contribution in [3.05, 3.63) is 105 Å². The third kappa shape index (κ3) is 3.21. The summed E-state index contributed by atoms with van der Waals surface area (Å²) in [6.07, 6.45) is 0. The van der Waals surface area contributed by atoms with Gasteiger partial charge in [0.2, 0.25) is 10.7 Å². The Bertz CT molecular complexity index is 1440. The molecule has 7 heteroatoms. The summed E-state index contributed by atoms with van der Waals surface area (Å²) in [7, 11) is 0. The molecule has 2 heterocycles. The first kappa shape index (κ1) is 18.1. The van der Waals surface area contributed by atoms with Crippen LogP contribution in [0, 0.1) is 0 Å². The minimum atomic E-state index is -0.370. The molecule has 1 amide bonds. The number of nitrogens with zero attached hydrogens (tertiary/aromatic N) is 3. The fraction of sp³-hybridized carbons (Fsp3) is 0. The summed E-state index contributed by atoms with van der Waals surface area (Å²) in [5.74, 6) is -0.459. The highest BCUT2D eigenvalue weighted by molar-refractivity contribution is 7.11. The molecule has 3 aromatic carbocycles. The Morgan fingerprint density at radius 3 is 2.33 bits per heavy atom. The van der Waals surface area contributed by atoms with Crippen LogP contribution in [0.15, 0.2) is 94.9 Å². The van der Waals surface area contributed by atoms with E-state index in [1.54, 1.807) is 6.07 Å². The van der Waals surface area contributed by atoms with Crippen molar-refractivity contribution < 1.29 is 9.90 Å². The highest BCUT2D eigenvalue weighted by Crippen LogP contribution is 2.29. The summed E-state index contributed by atoms with van der Waals surface area (Å²) in [5, 5.41) is 12.4. The lowest BCUT2D eigenvalue weighted by Gasteiger charge is -2.09. The van der Waals surface area contributed by atoms with Gasteiger partial charge in [0.25, 0.3) is 5.91 Å². The van der Waals surface area contributed by atoms with Crippen molar-refractivity contribution >= 4 is 34.2 Å². The lowest BCUT2D eigenvalue weighted by atomic mass is 10.1. The molecule has 30 heavy (non-hydrogen) atoms. The number of anilines is 1. The van der Waals surface area contributed by atoms with Crippen molar-refractivity contribution in [1.29, 1.82) is 0 Å². The molecule has 2 N–H and O–H groups in total. The van der Waals surface area contributed by atoms with Gasteiger partial charge in [0.05, 0.1) is 22.3 Å². The summed E-state index contributed by atoms with van der Waals surface area (Å²) in [6, 6.07) is 26.2. The first-order valence-electron chi connectivity index (χ1n) is 9.30. The van der Waals surface area contributed by atoms with Gasteiger partial charge < -0.3 is 5.11 Å². The molecule has 5 rings (SSSR count). The smallest absolute Gasteiger partial charge is 0.279 e. The van der Waals surface area contributed by atoms with Gasteiger partial charge in [0, 0.05) is 5.22 Å². The summed E-state index contributed by atoms with van der Waals surface area (Å²) in [5.41, 5.74) is 5.07. The number of fused-ring (bicyclic) bond motifs is 1. The predicted molar refractivity (Wildman–Crippen MR) is 116 cm³/mol. The van der Waals surface area contributed by atoms with Crippen LogP contribution < -0.4 is 20.8 Å². The van der Waals surface area contributed by atoms with Crippen LogP contribution in [0.1, 0.15) is 4.88 Å². The fourth-order valence-electron chi connectivity index (χ4n) is 3.25. The molecular formula is C23H16N4O2S.